The minimum atomic E-state index is 0.301. The van der Waals surface area contributed by atoms with Crippen LogP contribution in [0.4, 0.5) is 5.69 Å². The molecule has 1 atom stereocenters. The van der Waals surface area contributed by atoms with Gasteiger partial charge in [-0.3, -0.25) is 4.98 Å². The summed E-state index contributed by atoms with van der Waals surface area (Å²) < 4.78 is 1.02. The van der Waals surface area contributed by atoms with Gasteiger partial charge in [0.1, 0.15) is 0 Å². The number of aliphatic hydroxyl groups excluding tert-OH is 1. The van der Waals surface area contributed by atoms with Gasteiger partial charge in [0.15, 0.2) is 0 Å². The number of anilines is 1. The Kier molecular flexibility index (Phi) is 4.18. The molecule has 3 nitrogen and oxygen atoms in total. The average Bonchev–Trinajstić information content (AvgIpc) is 2.30. The summed E-state index contributed by atoms with van der Waals surface area (Å²) in [6.45, 7) is 2.44. The van der Waals surface area contributed by atoms with Gasteiger partial charge in [0.05, 0.1) is 11.9 Å². The van der Waals surface area contributed by atoms with Crippen molar-refractivity contribution in [2.45, 2.75) is 19.3 Å². The standard InChI is InChI=1S/C12H17BrN2O/c13-11-6-12(8-14-7-11)15-4-1-2-10(9-15)3-5-16/h6-8,10,16H,1-5,9H2. The molecule has 0 aliphatic carbocycles. The van der Waals surface area contributed by atoms with Gasteiger partial charge in [-0.1, -0.05) is 0 Å². The molecule has 1 unspecified atom stereocenters. The fourth-order valence-electron chi connectivity index (χ4n) is 2.29. The molecule has 2 heterocycles. The number of nitrogens with zero attached hydrogens (tertiary/aromatic N) is 2. The topological polar surface area (TPSA) is 36.4 Å². The van der Waals surface area contributed by atoms with Crippen molar-refractivity contribution in [2.24, 2.45) is 5.92 Å². The fourth-order valence-corrected chi connectivity index (χ4v) is 2.64. The minimum absolute atomic E-state index is 0.301. The number of pyridine rings is 1. The maximum Gasteiger partial charge on any atom is 0.0564 e. The minimum Gasteiger partial charge on any atom is -0.396 e. The Bertz CT molecular complexity index is 344. The van der Waals surface area contributed by atoms with Crippen LogP contribution < -0.4 is 4.90 Å². The SMILES string of the molecule is OCCC1CCCN(c2cncc(Br)c2)C1. The lowest BCUT2D eigenvalue weighted by atomic mass is 9.95. The molecule has 16 heavy (non-hydrogen) atoms. The fraction of sp³-hybridized carbons (Fsp3) is 0.583. The van der Waals surface area contributed by atoms with E-state index in [1.165, 1.54) is 18.5 Å². The number of aliphatic hydroxyl groups is 1. The van der Waals surface area contributed by atoms with Gasteiger partial charge in [0, 0.05) is 30.4 Å². The van der Waals surface area contributed by atoms with Crippen LogP contribution in [0, 0.1) is 5.92 Å². The summed E-state index contributed by atoms with van der Waals surface area (Å²) in [7, 11) is 0. The van der Waals surface area contributed by atoms with Crippen molar-refractivity contribution in [3.8, 4) is 0 Å². The van der Waals surface area contributed by atoms with Gasteiger partial charge in [-0.2, -0.15) is 0 Å². The lowest BCUT2D eigenvalue weighted by Crippen LogP contribution is -2.35. The highest BCUT2D eigenvalue weighted by atomic mass is 79.9. The van der Waals surface area contributed by atoms with E-state index in [2.05, 4.69) is 31.9 Å². The average molecular weight is 285 g/mol. The summed E-state index contributed by atoms with van der Waals surface area (Å²) in [5.41, 5.74) is 1.18. The summed E-state index contributed by atoms with van der Waals surface area (Å²) in [5.74, 6) is 0.623. The highest BCUT2D eigenvalue weighted by Gasteiger charge is 2.19. The van der Waals surface area contributed by atoms with E-state index in [4.69, 9.17) is 5.11 Å². The van der Waals surface area contributed by atoms with Crippen LogP contribution in [0.3, 0.4) is 0 Å². The van der Waals surface area contributed by atoms with E-state index in [1.54, 1.807) is 6.20 Å². The molecule has 1 fully saturated rings. The molecule has 1 saturated heterocycles. The molecular weight excluding hydrogens is 268 g/mol. The number of rotatable bonds is 3. The Balaban J connectivity index is 2.03. The van der Waals surface area contributed by atoms with Crippen LogP contribution >= 0.6 is 15.9 Å². The second-order valence-corrected chi connectivity index (χ2v) is 5.24. The Labute approximate surface area is 105 Å². The maximum atomic E-state index is 8.98. The van der Waals surface area contributed by atoms with Crippen LogP contribution in [0.1, 0.15) is 19.3 Å². The van der Waals surface area contributed by atoms with Gasteiger partial charge in [-0.15, -0.1) is 0 Å². The lowest BCUT2D eigenvalue weighted by molar-refractivity contribution is 0.244. The van der Waals surface area contributed by atoms with Gasteiger partial charge in [0.25, 0.3) is 0 Å². The highest BCUT2D eigenvalue weighted by Crippen LogP contribution is 2.25. The van der Waals surface area contributed by atoms with E-state index >= 15 is 0 Å². The number of hydrogen-bond acceptors (Lipinski definition) is 3. The van der Waals surface area contributed by atoms with Crippen molar-refractivity contribution in [1.29, 1.82) is 0 Å². The van der Waals surface area contributed by atoms with Gasteiger partial charge >= 0.3 is 0 Å². The second kappa shape index (κ2) is 5.64. The largest absolute Gasteiger partial charge is 0.396 e. The van der Waals surface area contributed by atoms with Gasteiger partial charge in [-0.05, 0) is 47.2 Å². The van der Waals surface area contributed by atoms with Crippen molar-refractivity contribution < 1.29 is 5.11 Å². The number of hydrogen-bond donors (Lipinski definition) is 1. The normalized spacial score (nSPS) is 21.1. The zero-order valence-electron chi connectivity index (χ0n) is 9.27. The Hall–Kier alpha value is -0.610. The van der Waals surface area contributed by atoms with E-state index in [9.17, 15) is 0 Å². The number of aromatic nitrogens is 1. The van der Waals surface area contributed by atoms with E-state index in [0.29, 0.717) is 12.5 Å². The molecule has 1 aliphatic rings. The molecule has 1 N–H and O–H groups in total. The van der Waals surface area contributed by atoms with E-state index in [1.807, 2.05) is 6.20 Å². The molecule has 2 rings (SSSR count). The monoisotopic (exact) mass is 284 g/mol. The molecule has 0 radical (unpaired) electrons. The van der Waals surface area contributed by atoms with Crippen molar-refractivity contribution >= 4 is 21.6 Å². The summed E-state index contributed by atoms with van der Waals surface area (Å²) in [5, 5.41) is 8.98. The van der Waals surface area contributed by atoms with Crippen molar-refractivity contribution in [2.75, 3.05) is 24.6 Å². The van der Waals surface area contributed by atoms with Crippen LogP contribution in [-0.2, 0) is 0 Å². The van der Waals surface area contributed by atoms with Crippen LogP contribution in [0.15, 0.2) is 22.9 Å². The first kappa shape index (κ1) is 11.9. The Morgan fingerprint density at radius 3 is 3.12 bits per heavy atom. The molecule has 88 valence electrons. The predicted molar refractivity (Wildman–Crippen MR) is 68.6 cm³/mol. The third kappa shape index (κ3) is 2.95. The van der Waals surface area contributed by atoms with Gasteiger partial charge < -0.3 is 10.0 Å². The van der Waals surface area contributed by atoms with E-state index in [-0.39, 0.29) is 0 Å². The molecule has 1 aromatic rings. The molecule has 0 amide bonds. The Morgan fingerprint density at radius 2 is 2.38 bits per heavy atom. The van der Waals surface area contributed by atoms with Gasteiger partial charge in [0.2, 0.25) is 0 Å². The zero-order valence-corrected chi connectivity index (χ0v) is 10.9. The maximum absolute atomic E-state index is 8.98. The smallest absolute Gasteiger partial charge is 0.0564 e. The van der Waals surface area contributed by atoms with Crippen LogP contribution in [0.25, 0.3) is 0 Å². The van der Waals surface area contributed by atoms with Crippen molar-refractivity contribution in [1.82, 2.24) is 4.98 Å². The molecule has 0 spiro atoms. The summed E-state index contributed by atoms with van der Waals surface area (Å²) in [6, 6.07) is 2.11. The van der Waals surface area contributed by atoms with Crippen LogP contribution in [0.2, 0.25) is 0 Å². The van der Waals surface area contributed by atoms with E-state index in [0.717, 1.165) is 24.0 Å². The first-order chi connectivity index (χ1) is 7.79. The first-order valence-corrected chi connectivity index (χ1v) is 6.55. The zero-order chi connectivity index (χ0) is 11.4. The van der Waals surface area contributed by atoms with E-state index < -0.39 is 0 Å². The molecule has 1 aliphatic heterocycles. The second-order valence-electron chi connectivity index (χ2n) is 4.33. The molecule has 1 aromatic heterocycles. The third-order valence-corrected chi connectivity index (χ3v) is 3.55. The molecule has 0 aromatic carbocycles. The Morgan fingerprint density at radius 1 is 1.50 bits per heavy atom. The number of piperidine rings is 1. The molecule has 0 bridgehead atoms. The lowest BCUT2D eigenvalue weighted by Gasteiger charge is -2.34. The molecular formula is C12H17BrN2O. The summed E-state index contributed by atoms with van der Waals surface area (Å²) >= 11 is 3.45. The number of halogens is 1. The van der Waals surface area contributed by atoms with Crippen molar-refractivity contribution in [3.63, 3.8) is 0 Å². The van der Waals surface area contributed by atoms with Crippen LogP contribution in [0.5, 0.6) is 0 Å². The first-order valence-electron chi connectivity index (χ1n) is 5.76. The van der Waals surface area contributed by atoms with Crippen LogP contribution in [-0.4, -0.2) is 29.8 Å². The quantitative estimate of drug-likeness (QED) is 0.926. The predicted octanol–water partition coefficient (Wildman–Crippen LogP) is 2.44. The highest BCUT2D eigenvalue weighted by molar-refractivity contribution is 9.10. The summed E-state index contributed by atoms with van der Waals surface area (Å²) in [4.78, 5) is 6.56. The molecule has 0 saturated carbocycles. The molecule has 4 heteroatoms. The van der Waals surface area contributed by atoms with Crippen molar-refractivity contribution in [3.05, 3.63) is 22.9 Å². The third-order valence-electron chi connectivity index (χ3n) is 3.11. The van der Waals surface area contributed by atoms with Gasteiger partial charge in [-0.25, -0.2) is 0 Å². The summed E-state index contributed by atoms with van der Waals surface area (Å²) in [6.07, 6.45) is 7.07.